The van der Waals surface area contributed by atoms with E-state index in [0.29, 0.717) is 0 Å². The Morgan fingerprint density at radius 1 is 1.11 bits per heavy atom. The zero-order valence-electron chi connectivity index (χ0n) is 12.2. The molecule has 1 fully saturated rings. The first-order valence-electron chi connectivity index (χ1n) is 7.61. The van der Waals surface area contributed by atoms with Crippen LogP contribution < -0.4 is 10.6 Å². The summed E-state index contributed by atoms with van der Waals surface area (Å²) in [7, 11) is 0. The fourth-order valence-electron chi connectivity index (χ4n) is 2.24. The van der Waals surface area contributed by atoms with E-state index < -0.39 is 0 Å². The van der Waals surface area contributed by atoms with Gasteiger partial charge in [0.05, 0.1) is 0 Å². The first-order chi connectivity index (χ1) is 8.86. The summed E-state index contributed by atoms with van der Waals surface area (Å²) >= 11 is 0. The lowest BCUT2D eigenvalue weighted by Crippen LogP contribution is -2.38. The van der Waals surface area contributed by atoms with Gasteiger partial charge in [-0.1, -0.05) is 6.92 Å². The third-order valence-electron chi connectivity index (χ3n) is 3.23. The largest absolute Gasteiger partial charge is 0.357 e. The first kappa shape index (κ1) is 15.3. The molecule has 1 saturated heterocycles. The molecule has 0 atom stereocenters. The third-order valence-corrected chi connectivity index (χ3v) is 3.23. The molecule has 0 saturated carbocycles. The van der Waals surface area contributed by atoms with E-state index in [2.05, 4.69) is 34.4 Å². The van der Waals surface area contributed by atoms with Crippen LogP contribution in [0.25, 0.3) is 0 Å². The van der Waals surface area contributed by atoms with Crippen LogP contribution in [0.5, 0.6) is 0 Å². The summed E-state index contributed by atoms with van der Waals surface area (Å²) in [6, 6.07) is 0. The molecule has 0 amide bonds. The van der Waals surface area contributed by atoms with E-state index in [9.17, 15) is 0 Å². The van der Waals surface area contributed by atoms with Gasteiger partial charge in [-0.05, 0) is 58.7 Å². The van der Waals surface area contributed by atoms with Gasteiger partial charge in [-0.3, -0.25) is 4.99 Å². The number of guanidine groups is 1. The number of unbranched alkanes of at least 4 members (excludes halogenated alkanes) is 1. The van der Waals surface area contributed by atoms with Gasteiger partial charge in [-0.2, -0.15) is 0 Å². The highest BCUT2D eigenvalue weighted by Gasteiger charge is 2.09. The van der Waals surface area contributed by atoms with Crippen molar-refractivity contribution in [1.82, 2.24) is 15.5 Å². The normalized spacial score (nSPS) is 17.1. The maximum Gasteiger partial charge on any atom is 0.191 e. The second kappa shape index (κ2) is 10.2. The minimum Gasteiger partial charge on any atom is -0.357 e. The van der Waals surface area contributed by atoms with Gasteiger partial charge in [0.15, 0.2) is 5.96 Å². The Kier molecular flexibility index (Phi) is 8.65. The van der Waals surface area contributed by atoms with E-state index >= 15 is 0 Å². The molecular formula is C14H30N4. The van der Waals surface area contributed by atoms with Crippen molar-refractivity contribution in [2.45, 2.75) is 46.0 Å². The van der Waals surface area contributed by atoms with Crippen LogP contribution in [0.15, 0.2) is 4.99 Å². The lowest BCUT2D eigenvalue weighted by Gasteiger charge is -2.15. The average Bonchev–Trinajstić information content (AvgIpc) is 2.88. The first-order valence-corrected chi connectivity index (χ1v) is 7.61. The van der Waals surface area contributed by atoms with Gasteiger partial charge in [0.1, 0.15) is 0 Å². The smallest absolute Gasteiger partial charge is 0.191 e. The topological polar surface area (TPSA) is 39.7 Å². The van der Waals surface area contributed by atoms with Crippen LogP contribution in [-0.4, -0.2) is 50.1 Å². The van der Waals surface area contributed by atoms with Gasteiger partial charge < -0.3 is 15.5 Å². The molecule has 1 aliphatic rings. The van der Waals surface area contributed by atoms with Crippen molar-refractivity contribution in [2.24, 2.45) is 4.99 Å². The SMILES string of the molecule is CCCN=C(NCC)NCCCCN1CCCC1. The van der Waals surface area contributed by atoms with Crippen LogP contribution in [0.3, 0.4) is 0 Å². The van der Waals surface area contributed by atoms with Gasteiger partial charge in [0, 0.05) is 19.6 Å². The van der Waals surface area contributed by atoms with Crippen molar-refractivity contribution in [3.8, 4) is 0 Å². The molecule has 0 aromatic heterocycles. The summed E-state index contributed by atoms with van der Waals surface area (Å²) in [6.07, 6.45) is 6.41. The van der Waals surface area contributed by atoms with Gasteiger partial charge in [-0.25, -0.2) is 0 Å². The standard InChI is InChI=1S/C14H30N4/c1-3-9-16-14(15-4-2)17-10-5-6-11-18-12-7-8-13-18/h3-13H2,1-2H3,(H2,15,16,17). The number of likely N-dealkylation sites (tertiary alicyclic amines) is 1. The van der Waals surface area contributed by atoms with Crippen molar-refractivity contribution in [2.75, 3.05) is 39.3 Å². The maximum atomic E-state index is 4.49. The van der Waals surface area contributed by atoms with E-state index in [1.54, 1.807) is 0 Å². The molecule has 4 nitrogen and oxygen atoms in total. The van der Waals surface area contributed by atoms with Crippen LogP contribution in [-0.2, 0) is 0 Å². The van der Waals surface area contributed by atoms with Crippen LogP contribution in [0, 0.1) is 0 Å². The summed E-state index contributed by atoms with van der Waals surface area (Å²) in [5, 5.41) is 6.68. The molecule has 1 heterocycles. The predicted octanol–water partition coefficient (Wildman–Crippen LogP) is 1.83. The molecular weight excluding hydrogens is 224 g/mol. The van der Waals surface area contributed by atoms with Crippen molar-refractivity contribution >= 4 is 5.96 Å². The van der Waals surface area contributed by atoms with Crippen molar-refractivity contribution < 1.29 is 0 Å². The van der Waals surface area contributed by atoms with E-state index in [4.69, 9.17) is 0 Å². The predicted molar refractivity (Wildman–Crippen MR) is 79.2 cm³/mol. The molecule has 106 valence electrons. The Morgan fingerprint density at radius 3 is 2.56 bits per heavy atom. The molecule has 0 aromatic carbocycles. The third kappa shape index (κ3) is 6.84. The molecule has 1 rings (SSSR count). The molecule has 0 aliphatic carbocycles. The Balaban J connectivity index is 2.02. The second-order valence-electron chi connectivity index (χ2n) is 4.94. The zero-order valence-corrected chi connectivity index (χ0v) is 12.2. The van der Waals surface area contributed by atoms with Gasteiger partial charge >= 0.3 is 0 Å². The van der Waals surface area contributed by atoms with Crippen LogP contribution in [0.2, 0.25) is 0 Å². The van der Waals surface area contributed by atoms with Crippen LogP contribution in [0.4, 0.5) is 0 Å². The Bertz CT molecular complexity index is 222. The number of aliphatic imine (C=N–C) groups is 1. The minimum absolute atomic E-state index is 0.906. The average molecular weight is 254 g/mol. The molecule has 0 aromatic rings. The van der Waals surface area contributed by atoms with Crippen LogP contribution in [0.1, 0.15) is 46.0 Å². The summed E-state index contributed by atoms with van der Waals surface area (Å²) < 4.78 is 0. The molecule has 0 radical (unpaired) electrons. The minimum atomic E-state index is 0.906. The fourth-order valence-corrected chi connectivity index (χ4v) is 2.24. The van der Waals surface area contributed by atoms with Gasteiger partial charge in [-0.15, -0.1) is 0 Å². The van der Waals surface area contributed by atoms with Gasteiger partial charge in [0.2, 0.25) is 0 Å². The molecule has 1 aliphatic heterocycles. The summed E-state index contributed by atoms with van der Waals surface area (Å²) in [6.45, 7) is 11.0. The molecule has 2 N–H and O–H groups in total. The molecule has 0 bridgehead atoms. The number of nitrogens with zero attached hydrogens (tertiary/aromatic N) is 2. The van der Waals surface area contributed by atoms with E-state index in [0.717, 1.165) is 32.0 Å². The number of rotatable bonds is 8. The van der Waals surface area contributed by atoms with Crippen molar-refractivity contribution in [3.63, 3.8) is 0 Å². The van der Waals surface area contributed by atoms with Gasteiger partial charge in [0.25, 0.3) is 0 Å². The summed E-state index contributed by atoms with van der Waals surface area (Å²) in [4.78, 5) is 7.07. The van der Waals surface area contributed by atoms with E-state index in [1.165, 1.54) is 45.3 Å². The highest BCUT2D eigenvalue weighted by molar-refractivity contribution is 5.79. The molecule has 18 heavy (non-hydrogen) atoms. The Morgan fingerprint density at radius 2 is 1.89 bits per heavy atom. The quantitative estimate of drug-likeness (QED) is 0.394. The second-order valence-corrected chi connectivity index (χ2v) is 4.94. The van der Waals surface area contributed by atoms with Crippen LogP contribution >= 0.6 is 0 Å². The summed E-state index contributed by atoms with van der Waals surface area (Å²) in [5.41, 5.74) is 0. The number of hydrogen-bond acceptors (Lipinski definition) is 2. The monoisotopic (exact) mass is 254 g/mol. The highest BCUT2D eigenvalue weighted by Crippen LogP contribution is 2.07. The van der Waals surface area contributed by atoms with E-state index in [1.807, 2.05) is 0 Å². The van der Waals surface area contributed by atoms with Crippen molar-refractivity contribution in [1.29, 1.82) is 0 Å². The molecule has 0 unspecified atom stereocenters. The Hall–Kier alpha value is -0.770. The molecule has 4 heteroatoms. The fraction of sp³-hybridized carbons (Fsp3) is 0.929. The lowest BCUT2D eigenvalue weighted by molar-refractivity contribution is 0.330. The highest BCUT2D eigenvalue weighted by atomic mass is 15.2. The lowest BCUT2D eigenvalue weighted by atomic mass is 10.3. The summed E-state index contributed by atoms with van der Waals surface area (Å²) in [5.74, 6) is 0.973. The molecule has 0 spiro atoms. The number of nitrogens with one attached hydrogen (secondary N) is 2. The van der Waals surface area contributed by atoms with E-state index in [-0.39, 0.29) is 0 Å². The number of hydrogen-bond donors (Lipinski definition) is 2. The maximum absolute atomic E-state index is 4.49. The Labute approximate surface area is 112 Å². The van der Waals surface area contributed by atoms with Crippen molar-refractivity contribution in [3.05, 3.63) is 0 Å². The zero-order chi connectivity index (χ0) is 13.1.